The summed E-state index contributed by atoms with van der Waals surface area (Å²) in [4.78, 5) is 21.5. The number of fused-ring (bicyclic) bond motifs is 2. The predicted molar refractivity (Wildman–Crippen MR) is 148 cm³/mol. The van der Waals surface area contributed by atoms with Gasteiger partial charge in [-0.15, -0.1) is 0 Å². The lowest BCUT2D eigenvalue weighted by atomic mass is 9.40. The third kappa shape index (κ3) is 3.83. The Morgan fingerprint density at radius 2 is 2.05 bits per heavy atom. The van der Waals surface area contributed by atoms with Crippen LogP contribution < -0.4 is 10.1 Å². The quantitative estimate of drug-likeness (QED) is 0.301. The fourth-order valence-electron chi connectivity index (χ4n) is 6.44. The summed E-state index contributed by atoms with van der Waals surface area (Å²) in [6.07, 6.45) is 12.9. The van der Waals surface area contributed by atoms with Crippen LogP contribution in [-0.2, 0) is 13.1 Å². The number of nitrogens with zero attached hydrogens (tertiary/aromatic N) is 7. The van der Waals surface area contributed by atoms with Crippen molar-refractivity contribution in [3.8, 4) is 23.0 Å². The molecule has 0 spiro atoms. The van der Waals surface area contributed by atoms with E-state index in [-0.39, 0.29) is 5.41 Å². The molecule has 9 rings (SSSR count). The van der Waals surface area contributed by atoms with E-state index in [2.05, 4.69) is 54.4 Å². The maximum Gasteiger partial charge on any atom is 0.225 e. The molecule has 40 heavy (non-hydrogen) atoms. The van der Waals surface area contributed by atoms with Crippen molar-refractivity contribution in [3.63, 3.8) is 0 Å². The second kappa shape index (κ2) is 8.56. The number of H-pyrrole nitrogens is 1. The highest BCUT2D eigenvalue weighted by atomic mass is 19.1. The standard InChI is InChI=1S/C29H28FN9O/c1-18(28-14-29(30,15-28)16-28)33-11-21-6-19-10-34-22(8-25(19)36-21)13-38-17-35-26(37-38)20-7-23(12-31-9-20)39-4-2-24-27(39)40-5-3-32-24/h2-4,6-10,12,17-18,33,36H,5,11,13-16H2,1H3. The molecule has 1 aliphatic heterocycles. The van der Waals surface area contributed by atoms with E-state index in [1.165, 1.54) is 0 Å². The highest BCUT2D eigenvalue weighted by Crippen LogP contribution is 2.70. The minimum Gasteiger partial charge on any atom is -0.471 e. The van der Waals surface area contributed by atoms with Crippen LogP contribution in [0.2, 0.25) is 0 Å². The Bertz CT molecular complexity index is 1760. The van der Waals surface area contributed by atoms with Gasteiger partial charge in [0.25, 0.3) is 0 Å². The second-order valence-corrected chi connectivity index (χ2v) is 11.4. The Morgan fingerprint density at radius 3 is 2.92 bits per heavy atom. The Hall–Kier alpha value is -4.38. The minimum atomic E-state index is -0.863. The fraction of sp³-hybridized carbons (Fsp3) is 0.345. The molecule has 10 nitrogen and oxygen atoms in total. The third-order valence-electron chi connectivity index (χ3n) is 8.61. The summed E-state index contributed by atoms with van der Waals surface area (Å²) in [5, 5.41) is 9.34. The van der Waals surface area contributed by atoms with Crippen LogP contribution in [0.15, 0.2) is 60.4 Å². The van der Waals surface area contributed by atoms with Gasteiger partial charge < -0.3 is 15.0 Å². The van der Waals surface area contributed by atoms with Gasteiger partial charge in [0.15, 0.2) is 5.82 Å². The molecule has 0 amide bonds. The lowest BCUT2D eigenvalue weighted by Crippen LogP contribution is -2.70. The van der Waals surface area contributed by atoms with E-state index in [0.717, 1.165) is 45.8 Å². The van der Waals surface area contributed by atoms with Gasteiger partial charge in [0.2, 0.25) is 5.88 Å². The van der Waals surface area contributed by atoms with E-state index in [1.807, 2.05) is 29.1 Å². The predicted octanol–water partition coefficient (Wildman–Crippen LogP) is 4.52. The van der Waals surface area contributed by atoms with Crippen molar-refractivity contribution in [1.82, 2.24) is 39.6 Å². The molecule has 6 heterocycles. The molecule has 4 aliphatic rings. The van der Waals surface area contributed by atoms with E-state index in [9.17, 15) is 4.39 Å². The molecular weight excluding hydrogens is 509 g/mol. The number of rotatable bonds is 8. The fourth-order valence-corrected chi connectivity index (χ4v) is 6.44. The first-order chi connectivity index (χ1) is 19.5. The van der Waals surface area contributed by atoms with Crippen LogP contribution >= 0.6 is 0 Å². The topological polar surface area (TPSA) is 111 Å². The summed E-state index contributed by atoms with van der Waals surface area (Å²) in [6, 6.07) is 8.38. The average molecular weight is 538 g/mol. The first kappa shape index (κ1) is 23.5. The molecule has 0 aromatic carbocycles. The van der Waals surface area contributed by atoms with Crippen molar-refractivity contribution >= 4 is 22.8 Å². The molecule has 1 atom stereocenters. The first-order valence-corrected chi connectivity index (χ1v) is 13.6. The van der Waals surface area contributed by atoms with Gasteiger partial charge >= 0.3 is 0 Å². The average Bonchev–Trinajstić information content (AvgIpc) is 3.67. The van der Waals surface area contributed by atoms with E-state index in [1.54, 1.807) is 29.6 Å². The molecule has 2 bridgehead atoms. The molecule has 3 aliphatic carbocycles. The minimum absolute atomic E-state index is 0.161. The Labute approximate surface area is 229 Å². The maximum atomic E-state index is 13.9. The highest BCUT2D eigenvalue weighted by Gasteiger charge is 2.70. The molecule has 5 aromatic heterocycles. The molecule has 5 aromatic rings. The number of aliphatic imine (C=N–C) groups is 1. The van der Waals surface area contributed by atoms with Gasteiger partial charge in [-0.2, -0.15) is 5.10 Å². The summed E-state index contributed by atoms with van der Waals surface area (Å²) in [6.45, 7) is 3.83. The van der Waals surface area contributed by atoms with Crippen molar-refractivity contribution in [2.75, 3.05) is 6.61 Å². The van der Waals surface area contributed by atoms with Crippen LogP contribution in [0.1, 0.15) is 37.6 Å². The van der Waals surface area contributed by atoms with Crippen LogP contribution in [0.3, 0.4) is 0 Å². The van der Waals surface area contributed by atoms with Crippen LogP contribution in [0.5, 0.6) is 5.88 Å². The largest absolute Gasteiger partial charge is 0.471 e. The number of aromatic nitrogens is 7. The molecular formula is C29H28FN9O. The molecule has 11 heteroatoms. The SMILES string of the molecule is CC(NCc1cc2cnc(Cn3cnc(-c4cncc(-n5ccc6c5OCC=N6)c4)n3)cc2[nH]1)C12CC(F)(C1)C2. The van der Waals surface area contributed by atoms with Gasteiger partial charge in [0, 0.05) is 59.6 Å². The summed E-state index contributed by atoms with van der Waals surface area (Å²) in [7, 11) is 0. The molecule has 3 saturated carbocycles. The van der Waals surface area contributed by atoms with Crippen LogP contribution in [0.25, 0.3) is 28.0 Å². The third-order valence-corrected chi connectivity index (χ3v) is 8.61. The van der Waals surface area contributed by atoms with E-state index < -0.39 is 5.67 Å². The number of hydrogen-bond donors (Lipinski definition) is 2. The zero-order valence-corrected chi connectivity index (χ0v) is 22.0. The molecule has 2 N–H and O–H groups in total. The number of halogens is 1. The Morgan fingerprint density at radius 1 is 1.15 bits per heavy atom. The second-order valence-electron chi connectivity index (χ2n) is 11.4. The van der Waals surface area contributed by atoms with Gasteiger partial charge in [0.05, 0.1) is 24.1 Å². The Balaban J connectivity index is 0.958. The number of alkyl halides is 1. The van der Waals surface area contributed by atoms with Crippen LogP contribution in [0, 0.1) is 5.41 Å². The van der Waals surface area contributed by atoms with Crippen molar-refractivity contribution in [2.24, 2.45) is 10.4 Å². The van der Waals surface area contributed by atoms with E-state index in [0.29, 0.717) is 50.2 Å². The molecule has 1 unspecified atom stereocenters. The zero-order valence-electron chi connectivity index (χ0n) is 22.0. The van der Waals surface area contributed by atoms with Gasteiger partial charge in [-0.25, -0.2) is 14.1 Å². The molecule has 0 saturated heterocycles. The lowest BCUT2D eigenvalue weighted by Gasteiger charge is -2.68. The van der Waals surface area contributed by atoms with Crippen molar-refractivity contribution in [1.29, 1.82) is 0 Å². The summed E-state index contributed by atoms with van der Waals surface area (Å²) in [5.74, 6) is 1.28. The van der Waals surface area contributed by atoms with E-state index >= 15 is 0 Å². The lowest BCUT2D eigenvalue weighted by molar-refractivity contribution is -0.226. The van der Waals surface area contributed by atoms with E-state index in [4.69, 9.17) is 4.74 Å². The maximum absolute atomic E-state index is 13.9. The zero-order chi connectivity index (χ0) is 26.9. The smallest absolute Gasteiger partial charge is 0.225 e. The van der Waals surface area contributed by atoms with Crippen LogP contribution in [-0.4, -0.2) is 58.8 Å². The number of ether oxygens (including phenoxy) is 1. The monoisotopic (exact) mass is 537 g/mol. The summed E-state index contributed by atoms with van der Waals surface area (Å²) >= 11 is 0. The number of pyridine rings is 2. The number of hydrogen-bond acceptors (Lipinski definition) is 7. The summed E-state index contributed by atoms with van der Waals surface area (Å²) in [5.41, 5.74) is 4.75. The summed E-state index contributed by atoms with van der Waals surface area (Å²) < 4.78 is 23.4. The van der Waals surface area contributed by atoms with Crippen LogP contribution in [0.4, 0.5) is 10.1 Å². The van der Waals surface area contributed by atoms with Gasteiger partial charge in [-0.05, 0) is 55.9 Å². The highest BCUT2D eigenvalue weighted by molar-refractivity contribution is 5.79. The molecule has 3 fully saturated rings. The van der Waals surface area contributed by atoms with Gasteiger partial charge in [0.1, 0.15) is 24.3 Å². The first-order valence-electron chi connectivity index (χ1n) is 13.6. The number of aromatic amines is 1. The normalized spacial score (nSPS) is 23.4. The number of nitrogens with one attached hydrogen (secondary N) is 2. The molecule has 202 valence electrons. The molecule has 0 radical (unpaired) electrons. The van der Waals surface area contributed by atoms with Crippen molar-refractivity contribution < 1.29 is 9.13 Å². The van der Waals surface area contributed by atoms with Gasteiger partial charge in [-0.1, -0.05) is 0 Å². The Kier molecular flexibility index (Phi) is 5.03. The van der Waals surface area contributed by atoms with Gasteiger partial charge in [-0.3, -0.25) is 19.5 Å². The van der Waals surface area contributed by atoms with Crippen molar-refractivity contribution in [2.45, 2.75) is 51.0 Å². The van der Waals surface area contributed by atoms with Crippen molar-refractivity contribution in [3.05, 3.63) is 66.8 Å².